The highest BCUT2D eigenvalue weighted by atomic mass is 32.1. The molecule has 0 amide bonds. The van der Waals surface area contributed by atoms with Gasteiger partial charge in [-0.05, 0) is 11.4 Å². The van der Waals surface area contributed by atoms with Crippen molar-refractivity contribution in [2.45, 2.75) is 0 Å². The summed E-state index contributed by atoms with van der Waals surface area (Å²) in [5, 5.41) is 5.10. The molecular weight excluding hydrogens is 236 g/mol. The number of imidazole rings is 1. The van der Waals surface area contributed by atoms with Crippen molar-refractivity contribution in [3.8, 4) is 0 Å². The Labute approximate surface area is 101 Å². The minimum Gasteiger partial charge on any atom is -0.368 e. The van der Waals surface area contributed by atoms with Crippen molar-refractivity contribution in [1.29, 1.82) is 0 Å². The zero-order chi connectivity index (χ0) is 11.8. The van der Waals surface area contributed by atoms with Crippen LogP contribution in [0, 0.1) is 0 Å². The highest BCUT2D eigenvalue weighted by Gasteiger charge is 2.08. The molecule has 0 aliphatic carbocycles. The minimum absolute atomic E-state index is 0.259. The number of thiophene rings is 1. The first-order valence-electron chi connectivity index (χ1n) is 4.98. The molecular formula is C10H10N6S. The van der Waals surface area contributed by atoms with E-state index in [4.69, 9.17) is 5.73 Å². The Morgan fingerprint density at radius 2 is 2.29 bits per heavy atom. The molecule has 0 aliphatic heterocycles. The molecule has 7 heteroatoms. The summed E-state index contributed by atoms with van der Waals surface area (Å²) in [6.45, 7) is 0. The molecule has 0 fully saturated rings. The van der Waals surface area contributed by atoms with Crippen molar-refractivity contribution in [3.63, 3.8) is 0 Å². The molecule has 86 valence electrons. The third kappa shape index (κ3) is 1.80. The largest absolute Gasteiger partial charge is 0.368 e. The molecule has 3 heterocycles. The predicted molar refractivity (Wildman–Crippen MR) is 68.3 cm³/mol. The van der Waals surface area contributed by atoms with Crippen molar-refractivity contribution in [2.75, 3.05) is 11.1 Å². The van der Waals surface area contributed by atoms with E-state index < -0.39 is 0 Å². The van der Waals surface area contributed by atoms with Crippen LogP contribution in [0.25, 0.3) is 10.2 Å². The van der Waals surface area contributed by atoms with Crippen LogP contribution in [0.4, 0.5) is 17.6 Å². The lowest BCUT2D eigenvalue weighted by atomic mass is 10.4. The molecule has 0 bridgehead atoms. The van der Waals surface area contributed by atoms with E-state index in [9.17, 15) is 0 Å². The lowest BCUT2D eigenvalue weighted by molar-refractivity contribution is 0.913. The molecule has 0 radical (unpaired) electrons. The van der Waals surface area contributed by atoms with E-state index in [-0.39, 0.29) is 5.95 Å². The van der Waals surface area contributed by atoms with Crippen LogP contribution < -0.4 is 11.1 Å². The smallest absolute Gasteiger partial charge is 0.222 e. The molecule has 0 spiro atoms. The van der Waals surface area contributed by atoms with Crippen LogP contribution in [-0.2, 0) is 7.05 Å². The molecule has 0 aromatic carbocycles. The number of hydrogen-bond acceptors (Lipinski definition) is 6. The van der Waals surface area contributed by atoms with Crippen molar-refractivity contribution in [2.24, 2.45) is 7.05 Å². The van der Waals surface area contributed by atoms with Crippen LogP contribution in [0.5, 0.6) is 0 Å². The fraction of sp³-hybridized carbons (Fsp3) is 0.100. The van der Waals surface area contributed by atoms with Gasteiger partial charge in [-0.2, -0.15) is 4.98 Å². The van der Waals surface area contributed by atoms with Gasteiger partial charge in [-0.15, -0.1) is 11.3 Å². The van der Waals surface area contributed by atoms with Gasteiger partial charge in [0.25, 0.3) is 0 Å². The van der Waals surface area contributed by atoms with Crippen molar-refractivity contribution in [1.82, 2.24) is 19.5 Å². The zero-order valence-electron chi connectivity index (χ0n) is 9.08. The van der Waals surface area contributed by atoms with Gasteiger partial charge in [-0.3, -0.25) is 0 Å². The van der Waals surface area contributed by atoms with Crippen LogP contribution in [-0.4, -0.2) is 19.5 Å². The first kappa shape index (κ1) is 10.0. The van der Waals surface area contributed by atoms with Crippen LogP contribution in [0.15, 0.2) is 24.0 Å². The zero-order valence-corrected chi connectivity index (χ0v) is 9.90. The highest BCUT2D eigenvalue weighted by molar-refractivity contribution is 7.17. The molecule has 0 atom stereocenters. The molecule has 3 aromatic heterocycles. The van der Waals surface area contributed by atoms with Crippen LogP contribution in [0.3, 0.4) is 0 Å². The molecule has 0 unspecified atom stereocenters. The molecule has 0 saturated heterocycles. The number of anilines is 3. The quantitative estimate of drug-likeness (QED) is 0.720. The maximum Gasteiger partial charge on any atom is 0.222 e. The normalized spacial score (nSPS) is 10.9. The summed E-state index contributed by atoms with van der Waals surface area (Å²) in [6, 6.07) is 1.92. The Balaban J connectivity index is 2.07. The Morgan fingerprint density at radius 3 is 3.06 bits per heavy atom. The van der Waals surface area contributed by atoms with E-state index in [2.05, 4.69) is 20.3 Å². The number of nitrogen functional groups attached to an aromatic ring is 1. The average molecular weight is 246 g/mol. The summed E-state index contributed by atoms with van der Waals surface area (Å²) in [5.41, 5.74) is 6.51. The number of rotatable bonds is 2. The molecule has 3 aromatic rings. The number of nitrogens with one attached hydrogen (secondary N) is 1. The Hall–Kier alpha value is -2.15. The van der Waals surface area contributed by atoms with E-state index in [1.165, 1.54) is 0 Å². The molecule has 17 heavy (non-hydrogen) atoms. The fourth-order valence-corrected chi connectivity index (χ4v) is 2.34. The Bertz CT molecular complexity index is 670. The molecule has 3 rings (SSSR count). The third-order valence-electron chi connectivity index (χ3n) is 2.27. The third-order valence-corrected chi connectivity index (χ3v) is 3.18. The summed E-state index contributed by atoms with van der Waals surface area (Å²) in [4.78, 5) is 12.5. The number of hydrogen-bond donors (Lipinski definition) is 2. The van der Waals surface area contributed by atoms with E-state index in [0.29, 0.717) is 5.82 Å². The van der Waals surface area contributed by atoms with Crippen molar-refractivity contribution in [3.05, 3.63) is 24.0 Å². The maximum absolute atomic E-state index is 5.66. The van der Waals surface area contributed by atoms with Crippen LogP contribution >= 0.6 is 11.3 Å². The Morgan fingerprint density at radius 1 is 1.41 bits per heavy atom. The van der Waals surface area contributed by atoms with Gasteiger partial charge in [0, 0.05) is 13.2 Å². The average Bonchev–Trinajstić information content (AvgIpc) is 2.87. The standard InChI is InChI=1S/C10H10N6S/c1-16-4-7(12-5-16)14-9-8-6(2-3-17-8)13-10(11)15-9/h2-5H,1H3,(H3,11,13,14,15). The second kappa shape index (κ2) is 3.70. The second-order valence-corrected chi connectivity index (χ2v) is 4.53. The van der Waals surface area contributed by atoms with Crippen molar-refractivity contribution < 1.29 is 0 Å². The lowest BCUT2D eigenvalue weighted by Gasteiger charge is -2.03. The molecule has 0 aliphatic rings. The summed E-state index contributed by atoms with van der Waals surface area (Å²) in [5.74, 6) is 1.69. The van der Waals surface area contributed by atoms with Gasteiger partial charge in [0.05, 0.1) is 16.5 Å². The van der Waals surface area contributed by atoms with Gasteiger partial charge in [-0.25, -0.2) is 9.97 Å². The van der Waals surface area contributed by atoms with E-state index in [1.54, 1.807) is 17.7 Å². The minimum atomic E-state index is 0.259. The topological polar surface area (TPSA) is 81.7 Å². The van der Waals surface area contributed by atoms with Gasteiger partial charge in [-0.1, -0.05) is 0 Å². The summed E-state index contributed by atoms with van der Waals surface area (Å²) < 4.78 is 2.84. The van der Waals surface area contributed by atoms with Crippen LogP contribution in [0.2, 0.25) is 0 Å². The first-order chi connectivity index (χ1) is 8.22. The fourth-order valence-electron chi connectivity index (χ4n) is 1.56. The number of fused-ring (bicyclic) bond motifs is 1. The Kier molecular flexibility index (Phi) is 2.19. The van der Waals surface area contributed by atoms with Gasteiger partial charge in [0.2, 0.25) is 5.95 Å². The van der Waals surface area contributed by atoms with Crippen molar-refractivity contribution >= 4 is 39.1 Å². The second-order valence-electron chi connectivity index (χ2n) is 3.61. The van der Waals surface area contributed by atoms with Gasteiger partial charge < -0.3 is 15.6 Å². The summed E-state index contributed by atoms with van der Waals surface area (Å²) in [6.07, 6.45) is 3.59. The van der Waals surface area contributed by atoms with Gasteiger partial charge >= 0.3 is 0 Å². The first-order valence-corrected chi connectivity index (χ1v) is 5.86. The number of nitrogens with two attached hydrogens (primary N) is 1. The molecule has 6 nitrogen and oxygen atoms in total. The highest BCUT2D eigenvalue weighted by Crippen LogP contribution is 2.28. The number of aryl methyl sites for hydroxylation is 1. The van der Waals surface area contributed by atoms with Crippen LogP contribution in [0.1, 0.15) is 0 Å². The summed E-state index contributed by atoms with van der Waals surface area (Å²) >= 11 is 1.57. The summed E-state index contributed by atoms with van der Waals surface area (Å²) in [7, 11) is 1.91. The van der Waals surface area contributed by atoms with E-state index in [0.717, 1.165) is 16.0 Å². The maximum atomic E-state index is 5.66. The molecule has 3 N–H and O–H groups in total. The number of aromatic nitrogens is 4. The van der Waals surface area contributed by atoms with E-state index in [1.807, 2.05) is 29.3 Å². The van der Waals surface area contributed by atoms with E-state index >= 15 is 0 Å². The predicted octanol–water partition coefficient (Wildman–Crippen LogP) is 1.75. The monoisotopic (exact) mass is 246 g/mol. The van der Waals surface area contributed by atoms with Gasteiger partial charge in [0.1, 0.15) is 5.82 Å². The van der Waals surface area contributed by atoms with Gasteiger partial charge in [0.15, 0.2) is 5.82 Å². The number of nitrogens with zero attached hydrogens (tertiary/aromatic N) is 4. The lowest BCUT2D eigenvalue weighted by Crippen LogP contribution is -2.00. The SMILES string of the molecule is Cn1cnc(Nc2nc(N)nc3ccsc23)c1. The molecule has 0 saturated carbocycles.